The number of aliphatic hydroxyl groups excluding tert-OH is 1. The number of hydrogen-bond acceptors (Lipinski definition) is 5. The highest BCUT2D eigenvalue weighted by Crippen LogP contribution is 2.32. The fourth-order valence-corrected chi connectivity index (χ4v) is 2.56. The Labute approximate surface area is 121 Å². The Balaban J connectivity index is 1.53. The van der Waals surface area contributed by atoms with Crippen molar-refractivity contribution in [2.45, 2.75) is 44.5 Å². The second-order valence-electron chi connectivity index (χ2n) is 5.38. The Morgan fingerprint density at radius 3 is 3.05 bits per heavy atom. The number of hydrogen-bond donors (Lipinski definition) is 2. The van der Waals surface area contributed by atoms with Crippen molar-refractivity contribution in [1.29, 1.82) is 0 Å². The van der Waals surface area contributed by atoms with Gasteiger partial charge in [0.25, 0.3) is 0 Å². The molecule has 1 saturated carbocycles. The smallest absolute Gasteiger partial charge is 0.222 e. The standard InChI is InChI=1S/C13H18N6O2/c1-9-7-15-19(8-9)13-10(6-11(13)20)16-12(21)2-4-18-5-3-14-17-18/h3,5,7-8,10-11,13,20H,2,4,6H2,1H3,(H,16,21)/t10-,11+,13+/m0/s1. The second-order valence-corrected chi connectivity index (χ2v) is 5.38. The first kappa shape index (κ1) is 13.7. The highest BCUT2D eigenvalue weighted by atomic mass is 16.3. The fraction of sp³-hybridized carbons (Fsp3) is 0.538. The van der Waals surface area contributed by atoms with Gasteiger partial charge < -0.3 is 10.4 Å². The molecule has 1 aliphatic rings. The van der Waals surface area contributed by atoms with Crippen molar-refractivity contribution in [2.24, 2.45) is 0 Å². The van der Waals surface area contributed by atoms with E-state index in [0.717, 1.165) is 5.56 Å². The van der Waals surface area contributed by atoms with Gasteiger partial charge in [-0.3, -0.25) is 14.2 Å². The number of aliphatic hydroxyl groups is 1. The van der Waals surface area contributed by atoms with Crippen LogP contribution in [0, 0.1) is 6.92 Å². The van der Waals surface area contributed by atoms with Crippen molar-refractivity contribution in [1.82, 2.24) is 30.1 Å². The molecule has 21 heavy (non-hydrogen) atoms. The molecular weight excluding hydrogens is 272 g/mol. The lowest BCUT2D eigenvalue weighted by Crippen LogP contribution is -2.56. The molecule has 0 aliphatic heterocycles. The molecule has 0 bridgehead atoms. The quantitative estimate of drug-likeness (QED) is 0.785. The number of nitrogens with zero attached hydrogens (tertiary/aromatic N) is 5. The number of carbonyl (C=O) groups excluding carboxylic acids is 1. The lowest BCUT2D eigenvalue weighted by Gasteiger charge is -2.41. The zero-order valence-corrected chi connectivity index (χ0v) is 11.8. The van der Waals surface area contributed by atoms with Crippen LogP contribution in [0.25, 0.3) is 0 Å². The molecule has 2 aromatic heterocycles. The van der Waals surface area contributed by atoms with Crippen LogP contribution in [0.2, 0.25) is 0 Å². The minimum Gasteiger partial charge on any atom is -0.391 e. The van der Waals surface area contributed by atoms with E-state index in [1.165, 1.54) is 0 Å². The summed E-state index contributed by atoms with van der Waals surface area (Å²) in [6.45, 7) is 2.44. The number of rotatable bonds is 5. The van der Waals surface area contributed by atoms with E-state index >= 15 is 0 Å². The van der Waals surface area contributed by atoms with Crippen molar-refractivity contribution in [3.8, 4) is 0 Å². The van der Waals surface area contributed by atoms with Crippen LogP contribution in [0.5, 0.6) is 0 Å². The van der Waals surface area contributed by atoms with Crippen molar-refractivity contribution in [3.05, 3.63) is 30.4 Å². The maximum absolute atomic E-state index is 11.9. The van der Waals surface area contributed by atoms with Crippen LogP contribution >= 0.6 is 0 Å². The predicted molar refractivity (Wildman–Crippen MR) is 73.2 cm³/mol. The number of aryl methyl sites for hydroxylation is 2. The molecule has 0 radical (unpaired) electrons. The normalized spacial score (nSPS) is 24.6. The molecule has 2 heterocycles. The Hall–Kier alpha value is -2.22. The van der Waals surface area contributed by atoms with Crippen LogP contribution in [-0.2, 0) is 11.3 Å². The molecular formula is C13H18N6O2. The van der Waals surface area contributed by atoms with Gasteiger partial charge in [-0.1, -0.05) is 5.21 Å². The third kappa shape index (κ3) is 2.94. The van der Waals surface area contributed by atoms with Crippen molar-refractivity contribution < 1.29 is 9.90 Å². The predicted octanol–water partition coefficient (Wildman–Crippen LogP) is -0.336. The number of aromatic nitrogens is 5. The molecule has 3 rings (SSSR count). The third-order valence-corrected chi connectivity index (χ3v) is 3.72. The van der Waals surface area contributed by atoms with E-state index in [-0.39, 0.29) is 18.0 Å². The Morgan fingerprint density at radius 2 is 2.43 bits per heavy atom. The number of amides is 1. The summed E-state index contributed by atoms with van der Waals surface area (Å²) in [5.41, 5.74) is 1.03. The second kappa shape index (κ2) is 5.65. The zero-order chi connectivity index (χ0) is 14.8. The first-order valence-electron chi connectivity index (χ1n) is 6.96. The van der Waals surface area contributed by atoms with Crippen molar-refractivity contribution in [3.63, 3.8) is 0 Å². The van der Waals surface area contributed by atoms with Crippen LogP contribution in [0.3, 0.4) is 0 Å². The van der Waals surface area contributed by atoms with Gasteiger partial charge in [0.05, 0.1) is 37.1 Å². The monoisotopic (exact) mass is 290 g/mol. The molecule has 112 valence electrons. The van der Waals surface area contributed by atoms with Crippen LogP contribution in [0.1, 0.15) is 24.4 Å². The molecule has 1 amide bonds. The summed E-state index contributed by atoms with van der Waals surface area (Å²) in [6.07, 6.45) is 7.34. The summed E-state index contributed by atoms with van der Waals surface area (Å²) in [7, 11) is 0. The van der Waals surface area contributed by atoms with E-state index in [9.17, 15) is 9.90 Å². The van der Waals surface area contributed by atoms with E-state index in [1.807, 2.05) is 13.1 Å². The van der Waals surface area contributed by atoms with Crippen LogP contribution in [0.15, 0.2) is 24.8 Å². The van der Waals surface area contributed by atoms with Crippen molar-refractivity contribution >= 4 is 5.91 Å². The lowest BCUT2D eigenvalue weighted by molar-refractivity contribution is -0.124. The molecule has 0 unspecified atom stereocenters. The van der Waals surface area contributed by atoms with Crippen LogP contribution in [-0.4, -0.2) is 47.9 Å². The average Bonchev–Trinajstić information content (AvgIpc) is 3.07. The van der Waals surface area contributed by atoms with E-state index in [2.05, 4.69) is 20.7 Å². The molecule has 8 heteroatoms. The fourth-order valence-electron chi connectivity index (χ4n) is 2.56. The molecule has 0 saturated heterocycles. The SMILES string of the molecule is Cc1cnn([C@H]2[C@H](O)C[C@@H]2NC(=O)CCn2ccnn2)c1. The summed E-state index contributed by atoms with van der Waals surface area (Å²) in [5.74, 6) is -0.0590. The molecule has 1 aliphatic carbocycles. The van der Waals surface area contributed by atoms with Crippen molar-refractivity contribution in [2.75, 3.05) is 0 Å². The topological polar surface area (TPSA) is 97.9 Å². The van der Waals surface area contributed by atoms with Gasteiger partial charge >= 0.3 is 0 Å². The summed E-state index contributed by atoms with van der Waals surface area (Å²) >= 11 is 0. The van der Waals surface area contributed by atoms with Gasteiger partial charge in [0.2, 0.25) is 5.91 Å². The lowest BCUT2D eigenvalue weighted by atomic mass is 9.83. The summed E-state index contributed by atoms with van der Waals surface area (Å²) < 4.78 is 3.34. The minimum absolute atomic E-state index is 0.0590. The first-order chi connectivity index (χ1) is 10.1. The highest BCUT2D eigenvalue weighted by molar-refractivity contribution is 5.76. The number of carbonyl (C=O) groups is 1. The van der Waals surface area contributed by atoms with Gasteiger partial charge in [0.1, 0.15) is 0 Å². The van der Waals surface area contributed by atoms with Gasteiger partial charge in [-0.2, -0.15) is 5.10 Å². The molecule has 2 aromatic rings. The highest BCUT2D eigenvalue weighted by Gasteiger charge is 2.42. The van der Waals surface area contributed by atoms with Gasteiger partial charge in [-0.15, -0.1) is 5.10 Å². The summed E-state index contributed by atoms with van der Waals surface area (Å²) in [4.78, 5) is 11.9. The van der Waals surface area contributed by atoms with Gasteiger partial charge in [-0.25, -0.2) is 0 Å². The van der Waals surface area contributed by atoms with Gasteiger partial charge in [0, 0.05) is 18.8 Å². The molecule has 0 spiro atoms. The Morgan fingerprint density at radius 1 is 1.57 bits per heavy atom. The van der Waals surface area contributed by atoms with Crippen LogP contribution in [0.4, 0.5) is 0 Å². The maximum atomic E-state index is 11.9. The molecule has 0 aromatic carbocycles. The largest absolute Gasteiger partial charge is 0.391 e. The average molecular weight is 290 g/mol. The third-order valence-electron chi connectivity index (χ3n) is 3.72. The Kier molecular flexibility index (Phi) is 3.70. The summed E-state index contributed by atoms with van der Waals surface area (Å²) in [6, 6.07) is -0.267. The van der Waals surface area contributed by atoms with Gasteiger partial charge in [-0.05, 0) is 18.9 Å². The van der Waals surface area contributed by atoms with E-state index in [1.54, 1.807) is 28.0 Å². The maximum Gasteiger partial charge on any atom is 0.222 e. The summed E-state index contributed by atoms with van der Waals surface area (Å²) in [5, 5.41) is 24.6. The minimum atomic E-state index is -0.468. The van der Waals surface area contributed by atoms with E-state index in [0.29, 0.717) is 19.4 Å². The van der Waals surface area contributed by atoms with Crippen LogP contribution < -0.4 is 5.32 Å². The molecule has 2 N–H and O–H groups in total. The first-order valence-corrected chi connectivity index (χ1v) is 6.96. The molecule has 1 fully saturated rings. The molecule has 3 atom stereocenters. The Bertz CT molecular complexity index is 608. The van der Waals surface area contributed by atoms with E-state index in [4.69, 9.17) is 0 Å². The number of nitrogens with one attached hydrogen (secondary N) is 1. The van der Waals surface area contributed by atoms with Gasteiger partial charge in [0.15, 0.2) is 0 Å². The zero-order valence-electron chi connectivity index (χ0n) is 11.8. The molecule has 8 nitrogen and oxygen atoms in total. The van der Waals surface area contributed by atoms with E-state index < -0.39 is 6.10 Å².